The molecule has 2 aromatic rings. The minimum atomic E-state index is -4.38. The molecule has 5 nitrogen and oxygen atoms in total. The normalized spacial score (nSPS) is 12.8. The van der Waals surface area contributed by atoms with Crippen molar-refractivity contribution in [1.29, 1.82) is 0 Å². The van der Waals surface area contributed by atoms with Gasteiger partial charge in [0.2, 0.25) is 5.91 Å². The number of alkyl halides is 3. The van der Waals surface area contributed by atoms with Crippen molar-refractivity contribution in [1.82, 2.24) is 14.8 Å². The van der Waals surface area contributed by atoms with Crippen LogP contribution in [0.4, 0.5) is 18.9 Å². The van der Waals surface area contributed by atoms with Crippen LogP contribution in [-0.2, 0) is 4.79 Å². The zero-order valence-electron chi connectivity index (χ0n) is 14.2. The molecule has 0 saturated heterocycles. The first kappa shape index (κ1) is 20.6. The summed E-state index contributed by atoms with van der Waals surface area (Å²) >= 11 is 7.58. The number of aromatic nitrogens is 3. The lowest BCUT2D eigenvalue weighted by atomic mass is 10.1. The van der Waals surface area contributed by atoms with E-state index in [0.717, 1.165) is 4.90 Å². The molecule has 1 atom stereocenters. The molecule has 26 heavy (non-hydrogen) atoms. The van der Waals surface area contributed by atoms with Gasteiger partial charge in [-0.1, -0.05) is 18.5 Å². The van der Waals surface area contributed by atoms with Crippen LogP contribution in [0.2, 0.25) is 5.15 Å². The van der Waals surface area contributed by atoms with Gasteiger partial charge in [0.15, 0.2) is 5.15 Å². The van der Waals surface area contributed by atoms with Crippen molar-refractivity contribution in [3.05, 3.63) is 35.9 Å². The molecule has 0 aliphatic rings. The molecule has 1 unspecified atom stereocenters. The topological polar surface area (TPSA) is 51.0 Å². The number of anilines is 1. The number of amides is 1. The highest BCUT2D eigenvalue weighted by Crippen LogP contribution is 2.30. The van der Waals surface area contributed by atoms with Crippen molar-refractivity contribution < 1.29 is 18.0 Å². The van der Waals surface area contributed by atoms with Crippen molar-refractivity contribution in [3.63, 3.8) is 0 Å². The van der Waals surface area contributed by atoms with E-state index in [2.05, 4.69) is 10.1 Å². The molecule has 0 bridgehead atoms. The van der Waals surface area contributed by atoms with E-state index < -0.39 is 31.0 Å². The predicted octanol–water partition coefficient (Wildman–Crippen LogP) is 4.21. The van der Waals surface area contributed by atoms with E-state index in [9.17, 15) is 18.0 Å². The van der Waals surface area contributed by atoms with Crippen LogP contribution < -0.4 is 4.90 Å². The van der Waals surface area contributed by atoms with Gasteiger partial charge in [-0.3, -0.25) is 9.78 Å². The molecule has 0 radical (unpaired) electrons. The fourth-order valence-electron chi connectivity index (χ4n) is 2.32. The number of halogens is 4. The SMILES string of the molecule is CSCC(C)C(=O)N(CCC(F)(F)F)c1cn(-c2cccnc2)nc1Cl. The number of rotatable bonds is 7. The number of pyridine rings is 1. The van der Waals surface area contributed by atoms with Crippen LogP contribution in [0.3, 0.4) is 0 Å². The largest absolute Gasteiger partial charge is 0.390 e. The number of hydrogen-bond donors (Lipinski definition) is 0. The van der Waals surface area contributed by atoms with Crippen LogP contribution in [0.25, 0.3) is 5.69 Å². The van der Waals surface area contributed by atoms with E-state index in [4.69, 9.17) is 11.6 Å². The summed E-state index contributed by atoms with van der Waals surface area (Å²) < 4.78 is 39.5. The monoisotopic (exact) mass is 406 g/mol. The number of nitrogens with zero attached hydrogens (tertiary/aromatic N) is 4. The third-order valence-electron chi connectivity index (χ3n) is 3.58. The lowest BCUT2D eigenvalue weighted by Gasteiger charge is -2.25. The fourth-order valence-corrected chi connectivity index (χ4v) is 3.20. The molecular formula is C16H18ClF3N4OS. The minimum absolute atomic E-state index is 0.0410. The van der Waals surface area contributed by atoms with Crippen molar-refractivity contribution in [3.8, 4) is 5.69 Å². The molecule has 2 rings (SSSR count). The number of hydrogen-bond acceptors (Lipinski definition) is 4. The van der Waals surface area contributed by atoms with Gasteiger partial charge < -0.3 is 4.90 Å². The predicted molar refractivity (Wildman–Crippen MR) is 96.9 cm³/mol. The Morgan fingerprint density at radius 2 is 2.19 bits per heavy atom. The second-order valence-corrected chi connectivity index (χ2v) is 6.94. The lowest BCUT2D eigenvalue weighted by molar-refractivity contribution is -0.134. The molecule has 142 valence electrons. The summed E-state index contributed by atoms with van der Waals surface area (Å²) in [5, 5.41) is 4.05. The van der Waals surface area contributed by atoms with E-state index in [1.54, 1.807) is 25.3 Å². The Morgan fingerprint density at radius 3 is 2.77 bits per heavy atom. The van der Waals surface area contributed by atoms with Crippen molar-refractivity contribution >= 4 is 35.0 Å². The van der Waals surface area contributed by atoms with Crippen molar-refractivity contribution in [2.45, 2.75) is 19.5 Å². The molecule has 2 aromatic heterocycles. The Hall–Kier alpha value is -1.74. The molecule has 10 heteroatoms. The van der Waals surface area contributed by atoms with Gasteiger partial charge >= 0.3 is 6.18 Å². The highest BCUT2D eigenvalue weighted by molar-refractivity contribution is 7.98. The fraction of sp³-hybridized carbons (Fsp3) is 0.438. The van der Waals surface area contributed by atoms with Gasteiger partial charge in [0, 0.05) is 24.4 Å². The van der Waals surface area contributed by atoms with Gasteiger partial charge in [-0.05, 0) is 18.4 Å². The molecule has 0 N–H and O–H groups in total. The summed E-state index contributed by atoms with van der Waals surface area (Å²) in [4.78, 5) is 17.7. The first-order valence-corrected chi connectivity index (χ1v) is 9.52. The Labute approximate surface area is 158 Å². The highest BCUT2D eigenvalue weighted by atomic mass is 35.5. The first-order valence-electron chi connectivity index (χ1n) is 7.75. The van der Waals surface area contributed by atoms with Crippen LogP contribution in [-0.4, -0.2) is 45.4 Å². The zero-order chi connectivity index (χ0) is 19.3. The first-order chi connectivity index (χ1) is 12.2. The van der Waals surface area contributed by atoms with E-state index in [1.807, 2.05) is 6.26 Å². The molecule has 2 heterocycles. The van der Waals surface area contributed by atoms with Crippen LogP contribution in [0.1, 0.15) is 13.3 Å². The Bertz CT molecular complexity index is 739. The average Bonchev–Trinajstić information content (AvgIpc) is 2.97. The van der Waals surface area contributed by atoms with Gasteiger partial charge in [0.25, 0.3) is 0 Å². The number of carbonyl (C=O) groups is 1. The van der Waals surface area contributed by atoms with E-state index in [1.165, 1.54) is 28.8 Å². The summed E-state index contributed by atoms with van der Waals surface area (Å²) in [5.41, 5.74) is 0.735. The second-order valence-electron chi connectivity index (χ2n) is 5.67. The third kappa shape index (κ3) is 5.38. The van der Waals surface area contributed by atoms with Gasteiger partial charge in [-0.2, -0.15) is 30.0 Å². The van der Waals surface area contributed by atoms with Crippen LogP contribution >= 0.6 is 23.4 Å². The molecule has 0 aliphatic heterocycles. The van der Waals surface area contributed by atoms with Crippen LogP contribution in [0.15, 0.2) is 30.7 Å². The molecular weight excluding hydrogens is 389 g/mol. The molecule has 0 aliphatic carbocycles. The number of carbonyl (C=O) groups excluding carboxylic acids is 1. The molecule has 0 aromatic carbocycles. The smallest absolute Gasteiger partial charge is 0.308 e. The van der Waals surface area contributed by atoms with Crippen LogP contribution in [0.5, 0.6) is 0 Å². The molecule has 0 saturated carbocycles. The molecule has 0 fully saturated rings. The van der Waals surface area contributed by atoms with Crippen molar-refractivity contribution in [2.24, 2.45) is 5.92 Å². The number of thioether (sulfide) groups is 1. The quantitative estimate of drug-likeness (QED) is 0.691. The maximum absolute atomic E-state index is 12.7. The maximum atomic E-state index is 12.7. The summed E-state index contributed by atoms with van der Waals surface area (Å²) in [6.07, 6.45) is 0.882. The van der Waals surface area contributed by atoms with E-state index in [0.29, 0.717) is 11.4 Å². The third-order valence-corrected chi connectivity index (χ3v) is 4.68. The van der Waals surface area contributed by atoms with Gasteiger partial charge in [0.05, 0.1) is 24.5 Å². The Morgan fingerprint density at radius 1 is 1.46 bits per heavy atom. The Balaban J connectivity index is 2.35. The summed E-state index contributed by atoms with van der Waals surface area (Å²) in [5.74, 6) is -0.373. The lowest BCUT2D eigenvalue weighted by Crippen LogP contribution is -2.38. The maximum Gasteiger partial charge on any atom is 0.390 e. The summed E-state index contributed by atoms with van der Waals surface area (Å²) in [6, 6.07) is 3.41. The van der Waals surface area contributed by atoms with Crippen LogP contribution in [0, 0.1) is 5.92 Å². The second kappa shape index (κ2) is 8.77. The molecule has 1 amide bonds. The average molecular weight is 407 g/mol. The summed E-state index contributed by atoms with van der Waals surface area (Å²) in [7, 11) is 0. The molecule has 0 spiro atoms. The van der Waals surface area contributed by atoms with Crippen molar-refractivity contribution in [2.75, 3.05) is 23.5 Å². The van der Waals surface area contributed by atoms with Gasteiger partial charge in [-0.15, -0.1) is 0 Å². The van der Waals surface area contributed by atoms with Gasteiger partial charge in [-0.25, -0.2) is 4.68 Å². The minimum Gasteiger partial charge on any atom is -0.308 e. The summed E-state index contributed by atoms with van der Waals surface area (Å²) in [6.45, 7) is 1.17. The Kier molecular flexibility index (Phi) is 6.94. The standard InChI is InChI=1S/C16H18ClF3N4OS/c1-11(10-26-2)15(25)23(7-5-16(18,19)20)13-9-24(22-14(13)17)12-4-3-6-21-8-12/h3-4,6,8-9,11H,5,7,10H2,1-2H3. The zero-order valence-corrected chi connectivity index (χ0v) is 15.8. The highest BCUT2D eigenvalue weighted by Gasteiger charge is 2.32. The van der Waals surface area contributed by atoms with E-state index >= 15 is 0 Å². The van der Waals surface area contributed by atoms with E-state index in [-0.39, 0.29) is 10.8 Å². The van der Waals surface area contributed by atoms with Gasteiger partial charge in [0.1, 0.15) is 5.69 Å².